The molecule has 2 aromatic carbocycles. The summed E-state index contributed by atoms with van der Waals surface area (Å²) >= 11 is 0. The van der Waals surface area contributed by atoms with E-state index in [4.69, 9.17) is 23.4 Å². The third-order valence-corrected chi connectivity index (χ3v) is 4.10. The number of aromatic nitrogens is 2. The summed E-state index contributed by atoms with van der Waals surface area (Å²) in [6.45, 7) is 3.31. The van der Waals surface area contributed by atoms with Crippen molar-refractivity contribution in [1.29, 1.82) is 0 Å². The van der Waals surface area contributed by atoms with Crippen molar-refractivity contribution < 1.29 is 28.2 Å². The fourth-order valence-corrected chi connectivity index (χ4v) is 2.56. The van der Waals surface area contributed by atoms with E-state index in [0.717, 1.165) is 16.9 Å². The molecule has 29 heavy (non-hydrogen) atoms. The average molecular weight is 398 g/mol. The third kappa shape index (κ3) is 5.04. The van der Waals surface area contributed by atoms with Gasteiger partial charge in [0.2, 0.25) is 5.89 Å². The highest BCUT2D eigenvalue weighted by Gasteiger charge is 2.20. The first-order chi connectivity index (χ1) is 14.0. The Bertz CT molecular complexity index is 968. The van der Waals surface area contributed by atoms with Gasteiger partial charge >= 0.3 is 5.97 Å². The normalized spacial score (nSPS) is 11.6. The molecule has 0 N–H and O–H groups in total. The zero-order valence-corrected chi connectivity index (χ0v) is 16.7. The molecule has 0 aliphatic rings. The minimum absolute atomic E-state index is 0.192. The maximum atomic E-state index is 12.1. The molecule has 0 unspecified atom stereocenters. The van der Waals surface area contributed by atoms with E-state index in [1.165, 1.54) is 7.11 Å². The first kappa shape index (κ1) is 20.2. The molecule has 8 nitrogen and oxygen atoms in total. The van der Waals surface area contributed by atoms with Gasteiger partial charge in [0, 0.05) is 5.56 Å². The minimum Gasteiger partial charge on any atom is -0.497 e. The molecule has 0 amide bonds. The molecule has 0 spiro atoms. The summed E-state index contributed by atoms with van der Waals surface area (Å²) in [5, 5.41) is 7.96. The Balaban J connectivity index is 1.58. The van der Waals surface area contributed by atoms with Crippen LogP contribution >= 0.6 is 0 Å². The fourth-order valence-electron chi connectivity index (χ4n) is 2.56. The van der Waals surface area contributed by atoms with E-state index in [0.29, 0.717) is 17.4 Å². The lowest BCUT2D eigenvalue weighted by Crippen LogP contribution is -2.17. The standard InChI is InChI=1S/C21H22N2O6/c1-13-5-10-17(18(11-13)26-4)27-12-19(24)28-14(2)20-22-23-21(29-20)15-6-8-16(25-3)9-7-15/h5-11,14H,12H2,1-4H3/t14-/m0/s1. The van der Waals surface area contributed by atoms with Gasteiger partial charge in [-0.15, -0.1) is 10.2 Å². The molecule has 8 heteroatoms. The highest BCUT2D eigenvalue weighted by Crippen LogP contribution is 2.28. The number of esters is 1. The first-order valence-corrected chi connectivity index (χ1v) is 8.95. The number of hydrogen-bond donors (Lipinski definition) is 0. The summed E-state index contributed by atoms with van der Waals surface area (Å²) in [6.07, 6.45) is -0.717. The monoisotopic (exact) mass is 398 g/mol. The van der Waals surface area contributed by atoms with Gasteiger partial charge in [0.05, 0.1) is 14.2 Å². The van der Waals surface area contributed by atoms with E-state index in [2.05, 4.69) is 10.2 Å². The predicted molar refractivity (Wildman–Crippen MR) is 104 cm³/mol. The topological polar surface area (TPSA) is 92.9 Å². The predicted octanol–water partition coefficient (Wildman–Crippen LogP) is 3.75. The number of ether oxygens (including phenoxy) is 4. The second-order valence-corrected chi connectivity index (χ2v) is 6.25. The van der Waals surface area contributed by atoms with E-state index < -0.39 is 12.1 Å². The summed E-state index contributed by atoms with van der Waals surface area (Å²) < 4.78 is 26.8. The van der Waals surface area contributed by atoms with Gasteiger partial charge in [-0.25, -0.2) is 4.79 Å². The van der Waals surface area contributed by atoms with Gasteiger partial charge in [-0.05, 0) is 55.8 Å². The van der Waals surface area contributed by atoms with Crippen LogP contribution in [0.4, 0.5) is 0 Å². The van der Waals surface area contributed by atoms with Crippen LogP contribution in [0.5, 0.6) is 17.2 Å². The Labute approximate surface area is 168 Å². The Hall–Kier alpha value is -3.55. The molecule has 3 rings (SSSR count). The van der Waals surface area contributed by atoms with Crippen molar-refractivity contribution >= 4 is 5.97 Å². The number of methoxy groups -OCH3 is 2. The van der Waals surface area contributed by atoms with Crippen molar-refractivity contribution in [2.24, 2.45) is 0 Å². The molecular formula is C21H22N2O6. The van der Waals surface area contributed by atoms with E-state index >= 15 is 0 Å². The number of nitrogens with zero attached hydrogens (tertiary/aromatic N) is 2. The molecule has 1 heterocycles. The molecule has 0 aliphatic heterocycles. The van der Waals surface area contributed by atoms with Gasteiger partial charge in [0.1, 0.15) is 5.75 Å². The van der Waals surface area contributed by atoms with Crippen LogP contribution in [0, 0.1) is 6.92 Å². The van der Waals surface area contributed by atoms with Crippen LogP contribution in [0.1, 0.15) is 24.5 Å². The maximum Gasteiger partial charge on any atom is 0.344 e. The van der Waals surface area contributed by atoms with Crippen LogP contribution in [0.15, 0.2) is 46.9 Å². The molecule has 0 radical (unpaired) electrons. The van der Waals surface area contributed by atoms with Crippen molar-refractivity contribution in [2.75, 3.05) is 20.8 Å². The van der Waals surface area contributed by atoms with Gasteiger partial charge < -0.3 is 23.4 Å². The number of aryl methyl sites for hydroxylation is 1. The maximum absolute atomic E-state index is 12.1. The summed E-state index contributed by atoms with van der Waals surface area (Å²) in [5.74, 6) is 1.68. The molecule has 0 aliphatic carbocycles. The van der Waals surface area contributed by atoms with Gasteiger partial charge in [0.15, 0.2) is 24.2 Å². The number of hydrogen-bond acceptors (Lipinski definition) is 8. The smallest absolute Gasteiger partial charge is 0.344 e. The SMILES string of the molecule is COc1ccc(-c2nnc([C@H](C)OC(=O)COc3ccc(C)cc3OC)o2)cc1. The average Bonchev–Trinajstić information content (AvgIpc) is 3.23. The summed E-state index contributed by atoms with van der Waals surface area (Å²) in [5.41, 5.74) is 1.76. The molecule has 0 saturated carbocycles. The van der Waals surface area contributed by atoms with Crippen LogP contribution in [0.2, 0.25) is 0 Å². The van der Waals surface area contributed by atoms with Gasteiger partial charge in [-0.3, -0.25) is 0 Å². The van der Waals surface area contributed by atoms with Crippen LogP contribution in [0.25, 0.3) is 11.5 Å². The molecule has 152 valence electrons. The second-order valence-electron chi connectivity index (χ2n) is 6.25. The molecule has 1 atom stereocenters. The quantitative estimate of drug-likeness (QED) is 0.530. The van der Waals surface area contributed by atoms with Crippen LogP contribution < -0.4 is 14.2 Å². The first-order valence-electron chi connectivity index (χ1n) is 8.95. The summed E-state index contributed by atoms with van der Waals surface area (Å²) in [7, 11) is 3.13. The Kier molecular flexibility index (Phi) is 6.33. The van der Waals surface area contributed by atoms with Crippen molar-refractivity contribution in [3.8, 4) is 28.7 Å². The van der Waals surface area contributed by atoms with Crippen molar-refractivity contribution in [2.45, 2.75) is 20.0 Å². The number of benzene rings is 2. The van der Waals surface area contributed by atoms with Crippen molar-refractivity contribution in [3.63, 3.8) is 0 Å². The van der Waals surface area contributed by atoms with E-state index in [1.54, 1.807) is 44.4 Å². The van der Waals surface area contributed by atoms with E-state index in [-0.39, 0.29) is 12.5 Å². The van der Waals surface area contributed by atoms with Crippen molar-refractivity contribution in [3.05, 3.63) is 53.9 Å². The number of carbonyl (C=O) groups is 1. The zero-order valence-electron chi connectivity index (χ0n) is 16.7. The largest absolute Gasteiger partial charge is 0.497 e. The molecule has 0 bridgehead atoms. The van der Waals surface area contributed by atoms with Crippen LogP contribution in [0.3, 0.4) is 0 Å². The fraction of sp³-hybridized carbons (Fsp3) is 0.286. The van der Waals surface area contributed by atoms with Gasteiger partial charge in [-0.1, -0.05) is 6.07 Å². The van der Waals surface area contributed by atoms with Gasteiger partial charge in [-0.2, -0.15) is 0 Å². The minimum atomic E-state index is -0.717. The van der Waals surface area contributed by atoms with E-state index in [9.17, 15) is 4.79 Å². The molecular weight excluding hydrogens is 376 g/mol. The lowest BCUT2D eigenvalue weighted by molar-refractivity contribution is -0.152. The van der Waals surface area contributed by atoms with Gasteiger partial charge in [0.25, 0.3) is 5.89 Å². The number of carbonyl (C=O) groups excluding carboxylic acids is 1. The zero-order chi connectivity index (χ0) is 20.8. The van der Waals surface area contributed by atoms with Crippen molar-refractivity contribution in [1.82, 2.24) is 10.2 Å². The van der Waals surface area contributed by atoms with Crippen LogP contribution in [-0.4, -0.2) is 37.0 Å². The number of rotatable bonds is 8. The molecule has 0 saturated heterocycles. The highest BCUT2D eigenvalue weighted by atomic mass is 16.6. The Morgan fingerprint density at radius 1 is 1.03 bits per heavy atom. The lowest BCUT2D eigenvalue weighted by Gasteiger charge is -2.12. The molecule has 1 aromatic heterocycles. The molecule has 3 aromatic rings. The summed E-state index contributed by atoms with van der Waals surface area (Å²) in [6, 6.07) is 12.6. The lowest BCUT2D eigenvalue weighted by atomic mass is 10.2. The molecule has 0 fully saturated rings. The highest BCUT2D eigenvalue weighted by molar-refractivity contribution is 5.71. The summed E-state index contributed by atoms with van der Waals surface area (Å²) in [4.78, 5) is 12.1. The Morgan fingerprint density at radius 3 is 2.48 bits per heavy atom. The third-order valence-electron chi connectivity index (χ3n) is 4.10. The van der Waals surface area contributed by atoms with Crippen LogP contribution in [-0.2, 0) is 9.53 Å². The Morgan fingerprint density at radius 2 is 1.79 bits per heavy atom. The van der Waals surface area contributed by atoms with E-state index in [1.807, 2.05) is 19.1 Å². The second kappa shape index (κ2) is 9.09.